The quantitative estimate of drug-likeness (QED) is 0.662. The Bertz CT molecular complexity index is 765. The molecule has 1 atom stereocenters. The minimum atomic E-state index is -0.184. The van der Waals surface area contributed by atoms with Gasteiger partial charge in [0.25, 0.3) is 0 Å². The molecule has 0 spiro atoms. The molecular weight excluding hydrogens is 354 g/mol. The Hall–Kier alpha value is -2.86. The number of nitrogens with one attached hydrogen (secondary N) is 2. The summed E-state index contributed by atoms with van der Waals surface area (Å²) in [7, 11) is 1.56. The lowest BCUT2D eigenvalue weighted by Gasteiger charge is -2.20. The van der Waals surface area contributed by atoms with Crippen LogP contribution in [0.1, 0.15) is 25.3 Å². The lowest BCUT2D eigenvalue weighted by molar-refractivity contribution is -0.123. The highest BCUT2D eigenvalue weighted by atomic mass is 16.5. The van der Waals surface area contributed by atoms with Gasteiger partial charge in [0.15, 0.2) is 0 Å². The van der Waals surface area contributed by atoms with Gasteiger partial charge in [0.1, 0.15) is 5.75 Å². The van der Waals surface area contributed by atoms with Crippen LogP contribution < -0.4 is 15.4 Å². The number of para-hydroxylation sites is 2. The normalized spacial score (nSPS) is 11.7. The van der Waals surface area contributed by atoms with Crippen LogP contribution in [0.2, 0.25) is 0 Å². The molecule has 0 aromatic heterocycles. The van der Waals surface area contributed by atoms with E-state index in [9.17, 15) is 9.59 Å². The number of rotatable bonds is 10. The Balaban J connectivity index is 1.80. The summed E-state index contributed by atoms with van der Waals surface area (Å²) in [6.07, 6.45) is 0. The lowest BCUT2D eigenvalue weighted by Crippen LogP contribution is -2.41. The van der Waals surface area contributed by atoms with Gasteiger partial charge in [0.2, 0.25) is 11.8 Å². The van der Waals surface area contributed by atoms with Crippen LogP contribution in [0.3, 0.4) is 0 Å². The number of nitrogens with zero attached hydrogens (tertiary/aromatic N) is 1. The third-order valence-electron chi connectivity index (χ3n) is 4.54. The molecule has 0 fully saturated rings. The van der Waals surface area contributed by atoms with E-state index in [1.165, 1.54) is 5.56 Å². The van der Waals surface area contributed by atoms with E-state index in [0.29, 0.717) is 24.5 Å². The van der Waals surface area contributed by atoms with Crippen LogP contribution in [0, 0.1) is 0 Å². The number of carbonyl (C=O) groups is 2. The Labute approximate surface area is 166 Å². The maximum absolute atomic E-state index is 12.3. The summed E-state index contributed by atoms with van der Waals surface area (Å²) < 4.78 is 5.24. The van der Waals surface area contributed by atoms with Crippen molar-refractivity contribution in [2.45, 2.75) is 19.8 Å². The number of benzene rings is 2. The van der Waals surface area contributed by atoms with Gasteiger partial charge in [-0.3, -0.25) is 14.5 Å². The Morgan fingerprint density at radius 3 is 2.32 bits per heavy atom. The summed E-state index contributed by atoms with van der Waals surface area (Å²) in [6.45, 7) is 5.48. The highest BCUT2D eigenvalue weighted by Crippen LogP contribution is 2.22. The first-order valence-corrected chi connectivity index (χ1v) is 9.50. The maximum Gasteiger partial charge on any atom is 0.238 e. The SMILES string of the molecule is CCN(CC(=O)NC[C@@H](C)c1ccccc1)CC(=O)Nc1ccccc1OC. The second-order valence-electron chi connectivity index (χ2n) is 6.67. The number of amides is 2. The van der Waals surface area contributed by atoms with Crippen LogP contribution in [0.25, 0.3) is 0 Å². The van der Waals surface area contributed by atoms with Gasteiger partial charge >= 0.3 is 0 Å². The molecule has 0 unspecified atom stereocenters. The Morgan fingerprint density at radius 1 is 1.00 bits per heavy atom. The zero-order valence-corrected chi connectivity index (χ0v) is 16.8. The summed E-state index contributed by atoms with van der Waals surface area (Å²) in [5.41, 5.74) is 1.80. The van der Waals surface area contributed by atoms with Crippen LogP contribution >= 0.6 is 0 Å². The van der Waals surface area contributed by atoms with E-state index in [2.05, 4.69) is 29.7 Å². The average Bonchev–Trinajstić information content (AvgIpc) is 2.72. The molecule has 0 bridgehead atoms. The van der Waals surface area contributed by atoms with E-state index in [0.717, 1.165) is 0 Å². The molecule has 0 heterocycles. The second-order valence-corrected chi connectivity index (χ2v) is 6.67. The first-order chi connectivity index (χ1) is 13.5. The van der Waals surface area contributed by atoms with Gasteiger partial charge in [-0.25, -0.2) is 0 Å². The molecule has 6 heteroatoms. The largest absolute Gasteiger partial charge is 0.495 e. The molecule has 2 aromatic carbocycles. The molecule has 150 valence electrons. The van der Waals surface area contributed by atoms with E-state index in [4.69, 9.17) is 4.74 Å². The second kappa shape index (κ2) is 11.1. The van der Waals surface area contributed by atoms with Crippen molar-refractivity contribution in [3.8, 4) is 5.75 Å². The molecular formula is C22H29N3O3. The van der Waals surface area contributed by atoms with Crippen molar-refractivity contribution in [2.75, 3.05) is 38.6 Å². The van der Waals surface area contributed by atoms with Gasteiger partial charge in [-0.15, -0.1) is 0 Å². The molecule has 0 aliphatic carbocycles. The topological polar surface area (TPSA) is 70.7 Å². The smallest absolute Gasteiger partial charge is 0.238 e. The fourth-order valence-corrected chi connectivity index (χ4v) is 2.85. The van der Waals surface area contributed by atoms with Gasteiger partial charge < -0.3 is 15.4 Å². The standard InChI is InChI=1S/C22H29N3O3/c1-4-25(16-22(27)24-19-12-8-9-13-20(19)28-3)15-21(26)23-14-17(2)18-10-6-5-7-11-18/h5-13,17H,4,14-16H2,1-3H3,(H,23,26)(H,24,27)/t17-/m1/s1. The van der Waals surface area contributed by atoms with Crippen molar-refractivity contribution in [2.24, 2.45) is 0 Å². The van der Waals surface area contributed by atoms with Crippen LogP contribution in [0.5, 0.6) is 5.75 Å². The highest BCUT2D eigenvalue weighted by molar-refractivity contribution is 5.94. The minimum absolute atomic E-state index is 0.0882. The molecule has 6 nitrogen and oxygen atoms in total. The molecule has 2 aromatic rings. The van der Waals surface area contributed by atoms with Gasteiger partial charge in [-0.1, -0.05) is 56.3 Å². The molecule has 28 heavy (non-hydrogen) atoms. The Morgan fingerprint density at radius 2 is 1.64 bits per heavy atom. The number of carbonyl (C=O) groups excluding carboxylic acids is 2. The van der Waals surface area contributed by atoms with Crippen molar-refractivity contribution < 1.29 is 14.3 Å². The third kappa shape index (κ3) is 6.70. The van der Waals surface area contributed by atoms with E-state index >= 15 is 0 Å². The lowest BCUT2D eigenvalue weighted by atomic mass is 10.0. The number of methoxy groups -OCH3 is 1. The summed E-state index contributed by atoms with van der Waals surface area (Å²) in [4.78, 5) is 26.4. The minimum Gasteiger partial charge on any atom is -0.495 e. The molecule has 0 radical (unpaired) electrons. The summed E-state index contributed by atoms with van der Waals surface area (Å²) >= 11 is 0. The molecule has 0 aliphatic rings. The van der Waals surface area contributed by atoms with Gasteiger partial charge in [0, 0.05) is 6.54 Å². The maximum atomic E-state index is 12.3. The van der Waals surface area contributed by atoms with Crippen LogP contribution in [-0.4, -0.2) is 50.0 Å². The van der Waals surface area contributed by atoms with Crippen molar-refractivity contribution in [3.63, 3.8) is 0 Å². The van der Waals surface area contributed by atoms with Gasteiger partial charge in [-0.05, 0) is 30.2 Å². The number of likely N-dealkylation sites (N-methyl/N-ethyl adjacent to an activating group) is 1. The average molecular weight is 383 g/mol. The van der Waals surface area contributed by atoms with Crippen molar-refractivity contribution in [1.29, 1.82) is 0 Å². The first-order valence-electron chi connectivity index (χ1n) is 9.50. The zero-order chi connectivity index (χ0) is 20.4. The number of hydrogen-bond donors (Lipinski definition) is 2. The van der Waals surface area contributed by atoms with Crippen LogP contribution in [0.15, 0.2) is 54.6 Å². The fourth-order valence-electron chi connectivity index (χ4n) is 2.85. The number of ether oxygens (including phenoxy) is 1. The molecule has 0 saturated carbocycles. The van der Waals surface area contributed by atoms with Crippen molar-refractivity contribution in [3.05, 3.63) is 60.2 Å². The molecule has 2 rings (SSSR count). The molecule has 2 amide bonds. The molecule has 0 aliphatic heterocycles. The van der Waals surface area contributed by atoms with E-state index < -0.39 is 0 Å². The first kappa shape index (κ1) is 21.4. The molecule has 0 saturated heterocycles. The van der Waals surface area contributed by atoms with Crippen molar-refractivity contribution in [1.82, 2.24) is 10.2 Å². The zero-order valence-electron chi connectivity index (χ0n) is 16.8. The summed E-state index contributed by atoms with van der Waals surface area (Å²) in [5, 5.41) is 5.79. The van der Waals surface area contributed by atoms with Crippen molar-refractivity contribution >= 4 is 17.5 Å². The predicted octanol–water partition coefficient (Wildman–Crippen LogP) is 2.88. The number of hydrogen-bond acceptors (Lipinski definition) is 4. The van der Waals surface area contributed by atoms with E-state index in [-0.39, 0.29) is 30.8 Å². The molecule has 2 N–H and O–H groups in total. The highest BCUT2D eigenvalue weighted by Gasteiger charge is 2.15. The predicted molar refractivity (Wildman–Crippen MR) is 112 cm³/mol. The van der Waals surface area contributed by atoms with Gasteiger partial charge in [0.05, 0.1) is 25.9 Å². The van der Waals surface area contributed by atoms with E-state index in [1.54, 1.807) is 24.1 Å². The fraction of sp³-hybridized carbons (Fsp3) is 0.364. The van der Waals surface area contributed by atoms with Crippen LogP contribution in [-0.2, 0) is 9.59 Å². The summed E-state index contributed by atoms with van der Waals surface area (Å²) in [6, 6.07) is 17.3. The van der Waals surface area contributed by atoms with Gasteiger partial charge in [-0.2, -0.15) is 0 Å². The monoisotopic (exact) mass is 383 g/mol. The third-order valence-corrected chi connectivity index (χ3v) is 4.54. The Kier molecular flexibility index (Phi) is 8.49. The number of anilines is 1. The van der Waals surface area contributed by atoms with Crippen LogP contribution in [0.4, 0.5) is 5.69 Å². The van der Waals surface area contributed by atoms with E-state index in [1.807, 2.05) is 37.3 Å². The summed E-state index contributed by atoms with van der Waals surface area (Å²) in [5.74, 6) is 0.562.